The number of halogens is 1. The maximum absolute atomic E-state index is 12.7. The fraction of sp³-hybridized carbons (Fsp3) is 0.571. The lowest BCUT2D eigenvalue weighted by atomic mass is 10.00. The molecule has 0 saturated carbocycles. The Kier molecular flexibility index (Phi) is 3.38. The summed E-state index contributed by atoms with van der Waals surface area (Å²) in [7, 11) is 1.78. The zero-order chi connectivity index (χ0) is 16.1. The SMILES string of the molecule is Cc1c(Cl)c(C(=O)N2CC[C@H]3[C@H](C2)OCc2cnnn23)nn1C. The minimum atomic E-state index is -0.148. The number of likely N-dealkylation sites (tertiary alicyclic amines) is 1. The summed E-state index contributed by atoms with van der Waals surface area (Å²) in [5.74, 6) is -0.148. The number of rotatable bonds is 1. The average molecular weight is 337 g/mol. The van der Waals surface area contributed by atoms with Gasteiger partial charge in [-0.05, 0) is 13.3 Å². The highest BCUT2D eigenvalue weighted by atomic mass is 35.5. The first-order valence-corrected chi connectivity index (χ1v) is 7.93. The Labute approximate surface area is 138 Å². The molecule has 2 aromatic rings. The van der Waals surface area contributed by atoms with Crippen molar-refractivity contribution in [2.45, 2.75) is 32.1 Å². The van der Waals surface area contributed by atoms with E-state index in [4.69, 9.17) is 16.3 Å². The molecule has 4 rings (SSSR count). The van der Waals surface area contributed by atoms with E-state index in [0.717, 1.165) is 17.8 Å². The van der Waals surface area contributed by atoms with E-state index in [-0.39, 0.29) is 18.1 Å². The zero-order valence-electron chi connectivity index (χ0n) is 12.9. The van der Waals surface area contributed by atoms with E-state index in [9.17, 15) is 4.79 Å². The lowest BCUT2D eigenvalue weighted by Crippen LogP contribution is -2.50. The van der Waals surface area contributed by atoms with Gasteiger partial charge in [-0.15, -0.1) is 5.10 Å². The van der Waals surface area contributed by atoms with Crippen molar-refractivity contribution in [1.29, 1.82) is 0 Å². The van der Waals surface area contributed by atoms with Crippen LogP contribution in [0.3, 0.4) is 0 Å². The number of aryl methyl sites for hydroxylation is 1. The molecule has 1 saturated heterocycles. The van der Waals surface area contributed by atoms with E-state index in [1.54, 1.807) is 22.8 Å². The van der Waals surface area contributed by atoms with Crippen LogP contribution in [-0.2, 0) is 18.4 Å². The van der Waals surface area contributed by atoms with E-state index in [0.29, 0.717) is 30.4 Å². The molecule has 1 fully saturated rings. The monoisotopic (exact) mass is 336 g/mol. The standard InChI is InChI=1S/C14H17ClN6O2/c1-8-12(15)13(17-19(8)2)14(22)20-4-3-10-11(6-20)23-7-9-5-16-18-21(9)10/h5,10-11H,3-4,6-7H2,1-2H3/t10-,11-/m0/s1. The van der Waals surface area contributed by atoms with Crippen molar-refractivity contribution < 1.29 is 9.53 Å². The zero-order valence-corrected chi connectivity index (χ0v) is 13.7. The van der Waals surface area contributed by atoms with Crippen LogP contribution < -0.4 is 0 Å². The minimum absolute atomic E-state index is 0.0783. The second-order valence-corrected chi connectivity index (χ2v) is 6.38. The number of aromatic nitrogens is 5. The lowest BCUT2D eigenvalue weighted by Gasteiger charge is -2.40. The molecule has 2 aliphatic heterocycles. The van der Waals surface area contributed by atoms with Crippen molar-refractivity contribution >= 4 is 17.5 Å². The number of fused-ring (bicyclic) bond motifs is 3. The summed E-state index contributed by atoms with van der Waals surface area (Å²) in [5.41, 5.74) is 2.07. The number of hydrogen-bond acceptors (Lipinski definition) is 5. The minimum Gasteiger partial charge on any atom is -0.368 e. The summed E-state index contributed by atoms with van der Waals surface area (Å²) in [6.07, 6.45) is 2.42. The van der Waals surface area contributed by atoms with Gasteiger partial charge in [-0.3, -0.25) is 9.48 Å². The summed E-state index contributed by atoms with van der Waals surface area (Å²) >= 11 is 6.23. The fourth-order valence-corrected chi connectivity index (χ4v) is 3.48. The Hall–Kier alpha value is -1.93. The van der Waals surface area contributed by atoms with Crippen LogP contribution in [0.1, 0.15) is 34.3 Å². The second kappa shape index (κ2) is 5.31. The molecule has 122 valence electrons. The second-order valence-electron chi connectivity index (χ2n) is 6.00. The number of hydrogen-bond donors (Lipinski definition) is 0. The summed E-state index contributed by atoms with van der Waals surface area (Å²) in [5, 5.41) is 12.7. The van der Waals surface area contributed by atoms with Gasteiger partial charge in [0, 0.05) is 20.1 Å². The molecule has 0 aliphatic carbocycles. The van der Waals surface area contributed by atoms with E-state index in [2.05, 4.69) is 15.4 Å². The molecule has 9 heteroatoms. The number of carbonyl (C=O) groups excluding carboxylic acids is 1. The fourth-order valence-electron chi connectivity index (χ4n) is 3.24. The molecule has 0 unspecified atom stereocenters. The number of ether oxygens (including phenoxy) is 1. The van der Waals surface area contributed by atoms with Gasteiger partial charge in [0.2, 0.25) is 0 Å². The molecular formula is C14H17ClN6O2. The lowest BCUT2D eigenvalue weighted by molar-refractivity contribution is -0.0628. The third kappa shape index (κ3) is 2.24. The van der Waals surface area contributed by atoms with Crippen LogP contribution in [0.5, 0.6) is 0 Å². The molecule has 4 heterocycles. The van der Waals surface area contributed by atoms with Gasteiger partial charge in [0.1, 0.15) is 0 Å². The highest BCUT2D eigenvalue weighted by Crippen LogP contribution is 2.31. The Morgan fingerprint density at radius 3 is 3.04 bits per heavy atom. The van der Waals surface area contributed by atoms with Gasteiger partial charge in [0.15, 0.2) is 5.69 Å². The van der Waals surface area contributed by atoms with Crippen molar-refractivity contribution in [3.63, 3.8) is 0 Å². The molecule has 2 aromatic heterocycles. The number of amides is 1. The maximum atomic E-state index is 12.7. The molecule has 0 radical (unpaired) electrons. The molecule has 23 heavy (non-hydrogen) atoms. The Morgan fingerprint density at radius 1 is 1.48 bits per heavy atom. The number of carbonyl (C=O) groups is 1. The third-order valence-corrected chi connectivity index (χ3v) is 5.14. The first-order chi connectivity index (χ1) is 11.1. The van der Waals surface area contributed by atoms with Gasteiger partial charge in [-0.1, -0.05) is 16.8 Å². The quantitative estimate of drug-likeness (QED) is 0.775. The molecule has 8 nitrogen and oxygen atoms in total. The van der Waals surface area contributed by atoms with Gasteiger partial charge in [0.25, 0.3) is 5.91 Å². The van der Waals surface area contributed by atoms with Gasteiger partial charge in [-0.2, -0.15) is 5.10 Å². The van der Waals surface area contributed by atoms with Gasteiger partial charge in [-0.25, -0.2) is 4.68 Å². The normalized spacial score (nSPS) is 23.5. The predicted octanol–water partition coefficient (Wildman–Crippen LogP) is 0.959. The Bertz CT molecular complexity index is 769. The van der Waals surface area contributed by atoms with Gasteiger partial charge in [0.05, 0.1) is 41.4 Å². The summed E-state index contributed by atoms with van der Waals surface area (Å²) in [4.78, 5) is 14.5. The van der Waals surface area contributed by atoms with E-state index in [1.165, 1.54) is 0 Å². The molecule has 2 aliphatic rings. The third-order valence-electron chi connectivity index (χ3n) is 4.68. The first kappa shape index (κ1) is 14.6. The van der Waals surface area contributed by atoms with Crippen LogP contribution in [0.4, 0.5) is 0 Å². The van der Waals surface area contributed by atoms with E-state index >= 15 is 0 Å². The molecular weight excluding hydrogens is 320 g/mol. The smallest absolute Gasteiger partial charge is 0.276 e. The molecule has 0 bridgehead atoms. The summed E-state index contributed by atoms with van der Waals surface area (Å²) in [6, 6.07) is 0.131. The molecule has 0 N–H and O–H groups in total. The van der Waals surface area contributed by atoms with E-state index < -0.39 is 0 Å². The highest BCUT2D eigenvalue weighted by molar-refractivity contribution is 6.34. The maximum Gasteiger partial charge on any atom is 0.276 e. The van der Waals surface area contributed by atoms with Crippen molar-refractivity contribution in [2.75, 3.05) is 13.1 Å². The number of piperidine rings is 1. The van der Waals surface area contributed by atoms with Crippen LogP contribution in [-0.4, -0.2) is 54.8 Å². The number of nitrogens with zero attached hydrogens (tertiary/aromatic N) is 6. The van der Waals surface area contributed by atoms with Crippen LogP contribution >= 0.6 is 11.6 Å². The van der Waals surface area contributed by atoms with Crippen LogP contribution in [0, 0.1) is 6.92 Å². The molecule has 1 amide bonds. The van der Waals surface area contributed by atoms with Crippen molar-refractivity contribution in [1.82, 2.24) is 29.7 Å². The summed E-state index contributed by atoms with van der Waals surface area (Å²) in [6.45, 7) is 3.44. The predicted molar refractivity (Wildman–Crippen MR) is 81.1 cm³/mol. The molecule has 2 atom stereocenters. The highest BCUT2D eigenvalue weighted by Gasteiger charge is 2.38. The van der Waals surface area contributed by atoms with Gasteiger partial charge < -0.3 is 9.64 Å². The van der Waals surface area contributed by atoms with Crippen molar-refractivity contribution in [2.24, 2.45) is 7.05 Å². The Morgan fingerprint density at radius 2 is 2.30 bits per heavy atom. The van der Waals surface area contributed by atoms with Crippen LogP contribution in [0.25, 0.3) is 0 Å². The van der Waals surface area contributed by atoms with E-state index in [1.807, 2.05) is 11.6 Å². The van der Waals surface area contributed by atoms with Gasteiger partial charge >= 0.3 is 0 Å². The first-order valence-electron chi connectivity index (χ1n) is 7.55. The molecule has 0 spiro atoms. The topological polar surface area (TPSA) is 78.1 Å². The van der Waals surface area contributed by atoms with Crippen molar-refractivity contribution in [3.8, 4) is 0 Å². The average Bonchev–Trinajstić information content (AvgIpc) is 3.14. The summed E-state index contributed by atoms with van der Waals surface area (Å²) < 4.78 is 9.44. The van der Waals surface area contributed by atoms with Crippen LogP contribution in [0.2, 0.25) is 5.02 Å². The Balaban J connectivity index is 1.55. The molecule has 0 aromatic carbocycles. The van der Waals surface area contributed by atoms with Crippen LogP contribution in [0.15, 0.2) is 6.20 Å². The van der Waals surface area contributed by atoms with Crippen molar-refractivity contribution in [3.05, 3.63) is 28.3 Å². The largest absolute Gasteiger partial charge is 0.368 e.